The van der Waals surface area contributed by atoms with Gasteiger partial charge in [0.25, 0.3) is 6.02 Å². The van der Waals surface area contributed by atoms with E-state index < -0.39 is 0 Å². The zero-order valence-electron chi connectivity index (χ0n) is 8.18. The molecule has 0 saturated heterocycles. The van der Waals surface area contributed by atoms with Crippen molar-refractivity contribution in [2.24, 2.45) is 10.7 Å². The summed E-state index contributed by atoms with van der Waals surface area (Å²) in [5.41, 5.74) is 6.72. The summed E-state index contributed by atoms with van der Waals surface area (Å²) < 4.78 is 5.41. The van der Waals surface area contributed by atoms with E-state index in [9.17, 15) is 0 Å². The van der Waals surface area contributed by atoms with Crippen LogP contribution in [-0.2, 0) is 4.74 Å². The molecule has 1 aromatic rings. The Labute approximate surface area is 83.6 Å². The fourth-order valence-corrected chi connectivity index (χ4v) is 1.72. The van der Waals surface area contributed by atoms with E-state index in [2.05, 4.69) is 24.0 Å². The first-order valence-electron chi connectivity index (χ1n) is 4.86. The molecule has 0 aromatic heterocycles. The zero-order chi connectivity index (χ0) is 9.97. The highest BCUT2D eigenvalue weighted by Crippen LogP contribution is 2.29. The molecule has 2 atom stereocenters. The Hall–Kier alpha value is -1.51. The quantitative estimate of drug-likeness (QED) is 0.773. The summed E-state index contributed by atoms with van der Waals surface area (Å²) >= 11 is 0. The topological polar surface area (TPSA) is 47.6 Å². The Morgan fingerprint density at radius 1 is 1.36 bits per heavy atom. The molecule has 14 heavy (non-hydrogen) atoms. The first-order chi connectivity index (χ1) is 6.81. The van der Waals surface area contributed by atoms with Crippen molar-refractivity contribution in [3.05, 3.63) is 35.9 Å². The predicted octanol–water partition coefficient (Wildman–Crippen LogP) is 1.85. The molecule has 0 unspecified atom stereocenters. The fourth-order valence-electron chi connectivity index (χ4n) is 1.72. The maximum Gasteiger partial charge on any atom is 0.283 e. The summed E-state index contributed by atoms with van der Waals surface area (Å²) in [4.78, 5) is 4.28. The highest BCUT2D eigenvalue weighted by Gasteiger charge is 2.29. The summed E-state index contributed by atoms with van der Waals surface area (Å²) in [5.74, 6) is 0. The number of benzene rings is 1. The fraction of sp³-hybridized carbons (Fsp3) is 0.364. The first kappa shape index (κ1) is 9.06. The molecule has 74 valence electrons. The van der Waals surface area contributed by atoms with Crippen LogP contribution in [0, 0.1) is 0 Å². The Kier molecular flexibility index (Phi) is 2.39. The van der Waals surface area contributed by atoms with Gasteiger partial charge in [0.15, 0.2) is 0 Å². The molecule has 1 aromatic carbocycles. The lowest BCUT2D eigenvalue weighted by Gasteiger charge is -2.14. The largest absolute Gasteiger partial charge is 0.459 e. The van der Waals surface area contributed by atoms with Crippen LogP contribution in [0.4, 0.5) is 0 Å². The number of nitrogens with two attached hydrogens (primary N) is 1. The second-order valence-corrected chi connectivity index (χ2v) is 3.39. The van der Waals surface area contributed by atoms with Crippen molar-refractivity contribution in [3.63, 3.8) is 0 Å². The smallest absolute Gasteiger partial charge is 0.283 e. The molecule has 0 amide bonds. The number of hydrogen-bond donors (Lipinski definition) is 1. The van der Waals surface area contributed by atoms with Gasteiger partial charge in [-0.25, -0.2) is 4.99 Å². The zero-order valence-corrected chi connectivity index (χ0v) is 8.18. The van der Waals surface area contributed by atoms with E-state index in [4.69, 9.17) is 10.5 Å². The standard InChI is InChI=1S/C11H14N2O/c1-2-9-10(13-11(12)14-9)8-6-4-3-5-7-8/h3-7,9-10H,2H2,1H3,(H2,12,13)/t9-,10+/m0/s1. The minimum Gasteiger partial charge on any atom is -0.459 e. The van der Waals surface area contributed by atoms with Crippen LogP contribution >= 0.6 is 0 Å². The van der Waals surface area contributed by atoms with E-state index in [1.807, 2.05) is 18.2 Å². The third-order valence-electron chi connectivity index (χ3n) is 2.43. The molecule has 0 radical (unpaired) electrons. The first-order valence-corrected chi connectivity index (χ1v) is 4.86. The van der Waals surface area contributed by atoms with Gasteiger partial charge in [-0.3, -0.25) is 0 Å². The van der Waals surface area contributed by atoms with Gasteiger partial charge in [0, 0.05) is 0 Å². The van der Waals surface area contributed by atoms with Gasteiger partial charge in [0.1, 0.15) is 12.1 Å². The molecule has 0 aliphatic carbocycles. The molecule has 1 aliphatic heterocycles. The second kappa shape index (κ2) is 3.70. The molecule has 0 fully saturated rings. The molecule has 2 N–H and O–H groups in total. The molecule has 0 saturated carbocycles. The monoisotopic (exact) mass is 190 g/mol. The molecule has 3 heteroatoms. The lowest BCUT2D eigenvalue weighted by molar-refractivity contribution is 0.185. The highest BCUT2D eigenvalue weighted by molar-refractivity contribution is 5.73. The summed E-state index contributed by atoms with van der Waals surface area (Å²) in [7, 11) is 0. The minimum atomic E-state index is 0.0706. The van der Waals surface area contributed by atoms with Gasteiger partial charge in [0.05, 0.1) is 0 Å². The third kappa shape index (κ3) is 1.58. The summed E-state index contributed by atoms with van der Waals surface area (Å²) in [6.07, 6.45) is 1.02. The summed E-state index contributed by atoms with van der Waals surface area (Å²) in [6, 6.07) is 10.5. The van der Waals surface area contributed by atoms with Crippen molar-refractivity contribution in [2.45, 2.75) is 25.5 Å². The van der Waals surface area contributed by atoms with Crippen LogP contribution in [0.3, 0.4) is 0 Å². The van der Waals surface area contributed by atoms with Gasteiger partial charge in [-0.2, -0.15) is 0 Å². The number of amidine groups is 1. The van der Waals surface area contributed by atoms with Gasteiger partial charge in [0.2, 0.25) is 0 Å². The maximum absolute atomic E-state index is 5.56. The molecular weight excluding hydrogens is 176 g/mol. The SMILES string of the molecule is CC[C@@H]1OC(N)=N[C@@H]1c1ccccc1. The molecule has 1 aliphatic rings. The van der Waals surface area contributed by atoms with Gasteiger partial charge in [-0.15, -0.1) is 0 Å². The van der Waals surface area contributed by atoms with Crippen molar-refractivity contribution in [3.8, 4) is 0 Å². The Morgan fingerprint density at radius 3 is 2.71 bits per heavy atom. The molecule has 1 heterocycles. The number of nitrogens with zero attached hydrogens (tertiary/aromatic N) is 1. The van der Waals surface area contributed by atoms with Crippen molar-refractivity contribution >= 4 is 6.02 Å². The Morgan fingerprint density at radius 2 is 2.07 bits per heavy atom. The average molecular weight is 190 g/mol. The van der Waals surface area contributed by atoms with E-state index in [1.165, 1.54) is 5.56 Å². The highest BCUT2D eigenvalue weighted by atomic mass is 16.5. The molecule has 0 bridgehead atoms. The van der Waals surface area contributed by atoms with E-state index in [0.29, 0.717) is 6.02 Å². The van der Waals surface area contributed by atoms with Crippen LogP contribution in [0.25, 0.3) is 0 Å². The number of hydrogen-bond acceptors (Lipinski definition) is 3. The molecule has 3 nitrogen and oxygen atoms in total. The summed E-state index contributed by atoms with van der Waals surface area (Å²) in [5, 5.41) is 0. The van der Waals surface area contributed by atoms with E-state index in [-0.39, 0.29) is 12.1 Å². The Bertz CT molecular complexity index is 334. The van der Waals surface area contributed by atoms with Crippen LogP contribution in [0.2, 0.25) is 0 Å². The van der Waals surface area contributed by atoms with Crippen molar-refractivity contribution < 1.29 is 4.74 Å². The van der Waals surface area contributed by atoms with Crippen LogP contribution in [0.1, 0.15) is 24.9 Å². The summed E-state index contributed by atoms with van der Waals surface area (Å²) in [6.45, 7) is 2.08. The van der Waals surface area contributed by atoms with Gasteiger partial charge < -0.3 is 10.5 Å². The lowest BCUT2D eigenvalue weighted by atomic mass is 10.0. The maximum atomic E-state index is 5.56. The number of aliphatic imine (C=N–C) groups is 1. The lowest BCUT2D eigenvalue weighted by Crippen LogP contribution is -2.18. The Balaban J connectivity index is 2.25. The average Bonchev–Trinajstić information content (AvgIpc) is 2.61. The van der Waals surface area contributed by atoms with Crippen molar-refractivity contribution in [1.82, 2.24) is 0 Å². The number of ether oxygens (including phenoxy) is 1. The van der Waals surface area contributed by atoms with Crippen LogP contribution in [-0.4, -0.2) is 12.1 Å². The normalized spacial score (nSPS) is 25.6. The van der Waals surface area contributed by atoms with E-state index in [0.717, 1.165) is 6.42 Å². The van der Waals surface area contributed by atoms with Gasteiger partial charge in [-0.05, 0) is 12.0 Å². The van der Waals surface area contributed by atoms with Crippen molar-refractivity contribution in [2.75, 3.05) is 0 Å². The van der Waals surface area contributed by atoms with Crippen LogP contribution in [0.5, 0.6) is 0 Å². The van der Waals surface area contributed by atoms with Crippen LogP contribution < -0.4 is 5.73 Å². The van der Waals surface area contributed by atoms with Crippen molar-refractivity contribution in [1.29, 1.82) is 0 Å². The third-order valence-corrected chi connectivity index (χ3v) is 2.43. The van der Waals surface area contributed by atoms with Crippen LogP contribution in [0.15, 0.2) is 35.3 Å². The molecular formula is C11H14N2O. The minimum absolute atomic E-state index is 0.0706. The molecule has 0 spiro atoms. The number of rotatable bonds is 2. The van der Waals surface area contributed by atoms with Gasteiger partial charge >= 0.3 is 0 Å². The molecule has 2 rings (SSSR count). The van der Waals surface area contributed by atoms with E-state index in [1.54, 1.807) is 0 Å². The second-order valence-electron chi connectivity index (χ2n) is 3.39. The van der Waals surface area contributed by atoms with Gasteiger partial charge in [-0.1, -0.05) is 37.3 Å². The van der Waals surface area contributed by atoms with E-state index >= 15 is 0 Å². The predicted molar refractivity (Wildman–Crippen MR) is 56.0 cm³/mol.